The lowest BCUT2D eigenvalue weighted by Crippen LogP contribution is -2.22. The van der Waals surface area contributed by atoms with Gasteiger partial charge in [-0.15, -0.1) is 0 Å². The second-order valence-corrected chi connectivity index (χ2v) is 19.5. The van der Waals surface area contributed by atoms with Gasteiger partial charge in [0.25, 0.3) is 0 Å². The van der Waals surface area contributed by atoms with Gasteiger partial charge < -0.3 is 9.30 Å². The van der Waals surface area contributed by atoms with Crippen molar-refractivity contribution < 1.29 is 31.1 Å². The van der Waals surface area contributed by atoms with Crippen LogP contribution in [0, 0.1) is 17.5 Å². The van der Waals surface area contributed by atoms with E-state index in [-0.39, 0.29) is 46.0 Å². The zero-order valence-electron chi connectivity index (χ0n) is 25.1. The lowest BCUT2D eigenvalue weighted by molar-refractivity contribution is 0.0804. The fourth-order valence-corrected chi connectivity index (χ4v) is 7.46. The number of ketones is 1. The maximum Gasteiger partial charge on any atom is 0.184 e. The number of carbonyl (C=O) groups is 1. The second-order valence-electron chi connectivity index (χ2n) is 11.9. The van der Waals surface area contributed by atoms with Gasteiger partial charge in [0.2, 0.25) is 0 Å². The summed E-state index contributed by atoms with van der Waals surface area (Å²) in [4.78, 5) is 16.8. The minimum absolute atomic E-state index is 0.0341. The van der Waals surface area contributed by atoms with Gasteiger partial charge in [0.05, 0.1) is 33.6 Å². The molecule has 0 amide bonds. The molecule has 232 valence electrons. The molecule has 0 spiro atoms. The summed E-state index contributed by atoms with van der Waals surface area (Å²) in [7, 11) is -3.90. The normalized spacial score (nSPS) is 12.5. The van der Waals surface area contributed by atoms with Gasteiger partial charge in [-0.3, -0.25) is 4.79 Å². The quantitative estimate of drug-likeness (QED) is 0.0885. The number of rotatable bonds is 11. The first-order valence-corrected chi connectivity index (χ1v) is 19.5. The van der Waals surface area contributed by atoms with Crippen LogP contribution in [-0.2, 0) is 34.1 Å². The van der Waals surface area contributed by atoms with Crippen LogP contribution in [0.5, 0.6) is 0 Å². The highest BCUT2D eigenvalue weighted by Crippen LogP contribution is 2.36. The number of nitrogens with zero attached hydrogens (tertiary/aromatic N) is 4. The Balaban J connectivity index is 1.58. The van der Waals surface area contributed by atoms with Crippen molar-refractivity contribution in [2.75, 3.05) is 6.61 Å². The predicted octanol–water partition coefficient (Wildman–Crippen LogP) is 6.89. The molecule has 0 saturated heterocycles. The van der Waals surface area contributed by atoms with E-state index in [1.807, 2.05) is 0 Å². The molecular formula is C31H33F3N4O4SSi. The van der Waals surface area contributed by atoms with Crippen molar-refractivity contribution in [1.29, 1.82) is 0 Å². The van der Waals surface area contributed by atoms with E-state index in [0.717, 1.165) is 18.2 Å². The number of ether oxygens (including phenoxy) is 1. The van der Waals surface area contributed by atoms with Crippen LogP contribution in [0.1, 0.15) is 29.4 Å². The summed E-state index contributed by atoms with van der Waals surface area (Å²) in [5.41, 5.74) is -0.773. The third-order valence-corrected chi connectivity index (χ3v) is 10.9. The molecule has 0 aliphatic carbocycles. The van der Waals surface area contributed by atoms with Crippen LogP contribution in [0.2, 0.25) is 25.7 Å². The molecule has 0 radical (unpaired) electrons. The number of carbonyl (C=O) groups excluding carboxylic acids is 1. The molecule has 0 fully saturated rings. The average Bonchev–Trinajstić information content (AvgIpc) is 3.53. The number of aryl methyl sites for hydroxylation is 1. The topological polar surface area (TPSA) is 96.1 Å². The van der Waals surface area contributed by atoms with Crippen LogP contribution >= 0.6 is 0 Å². The Hall–Kier alpha value is -3.81. The van der Waals surface area contributed by atoms with Crippen LogP contribution < -0.4 is 0 Å². The molecule has 5 rings (SSSR count). The van der Waals surface area contributed by atoms with E-state index in [2.05, 4.69) is 29.7 Å². The van der Waals surface area contributed by atoms with Crippen molar-refractivity contribution in [2.24, 2.45) is 7.05 Å². The van der Waals surface area contributed by atoms with Gasteiger partial charge in [0.1, 0.15) is 29.6 Å². The van der Waals surface area contributed by atoms with E-state index in [0.29, 0.717) is 17.6 Å². The molecule has 3 aromatic carbocycles. The lowest BCUT2D eigenvalue weighted by Gasteiger charge is -2.16. The molecule has 8 nitrogen and oxygen atoms in total. The van der Waals surface area contributed by atoms with Gasteiger partial charge in [0, 0.05) is 44.7 Å². The van der Waals surface area contributed by atoms with Gasteiger partial charge in [0.15, 0.2) is 21.4 Å². The molecule has 13 heteroatoms. The molecule has 2 aromatic heterocycles. The highest BCUT2D eigenvalue weighted by Gasteiger charge is 2.28. The van der Waals surface area contributed by atoms with Gasteiger partial charge in [-0.25, -0.2) is 31.3 Å². The van der Waals surface area contributed by atoms with Crippen molar-refractivity contribution >= 4 is 45.6 Å². The molecule has 44 heavy (non-hydrogen) atoms. The van der Waals surface area contributed by atoms with Crippen LogP contribution in [0.15, 0.2) is 53.7 Å². The highest BCUT2D eigenvalue weighted by atomic mass is 32.2. The Labute approximate surface area is 254 Å². The lowest BCUT2D eigenvalue weighted by atomic mass is 9.99. The van der Waals surface area contributed by atoms with E-state index < -0.39 is 52.2 Å². The summed E-state index contributed by atoms with van der Waals surface area (Å²) in [6, 6.07) is 9.98. The first-order valence-electron chi connectivity index (χ1n) is 14.1. The number of Topliss-reactive ketones (excluding diaryl/α,β-unsaturated/α-hetero) is 1. The van der Waals surface area contributed by atoms with Gasteiger partial charge in [-0.2, -0.15) is 5.10 Å². The number of imidazole rings is 1. The van der Waals surface area contributed by atoms with Crippen LogP contribution in [0.4, 0.5) is 13.2 Å². The molecule has 0 unspecified atom stereocenters. The van der Waals surface area contributed by atoms with Crippen molar-refractivity contribution in [2.45, 2.75) is 56.4 Å². The van der Waals surface area contributed by atoms with Crippen molar-refractivity contribution in [3.05, 3.63) is 77.5 Å². The number of hydrogen-bond acceptors (Lipinski definition) is 6. The molecule has 0 saturated carbocycles. The zero-order valence-corrected chi connectivity index (χ0v) is 26.9. The molecule has 0 bridgehead atoms. The number of hydrogen-bond donors (Lipinski definition) is 0. The number of fused-ring (bicyclic) bond motifs is 2. The molecule has 0 atom stereocenters. The fourth-order valence-electron chi connectivity index (χ4n) is 5.09. The maximum atomic E-state index is 16.3. The van der Waals surface area contributed by atoms with Gasteiger partial charge >= 0.3 is 0 Å². The third kappa shape index (κ3) is 5.95. The van der Waals surface area contributed by atoms with E-state index in [4.69, 9.17) is 4.74 Å². The molecule has 0 N–H and O–H groups in total. The summed E-state index contributed by atoms with van der Waals surface area (Å²) in [5.74, 6) is -4.39. The number of para-hydroxylation sites is 1. The van der Waals surface area contributed by atoms with Crippen molar-refractivity contribution in [3.8, 4) is 11.1 Å². The van der Waals surface area contributed by atoms with Crippen molar-refractivity contribution in [3.63, 3.8) is 0 Å². The average molecular weight is 643 g/mol. The van der Waals surface area contributed by atoms with Crippen molar-refractivity contribution in [1.82, 2.24) is 19.3 Å². The fraction of sp³-hybridized carbons (Fsp3) is 0.323. The smallest absolute Gasteiger partial charge is 0.184 e. The summed E-state index contributed by atoms with van der Waals surface area (Å²) >= 11 is 0. The van der Waals surface area contributed by atoms with Crippen LogP contribution in [0.25, 0.3) is 33.1 Å². The SMILES string of the molecule is CCC(=O)c1nn(COCC[Si](C)(C)C)c2c(F)c(-c3c(F)ccc(CS(=O)(=O)c4cccc5ncn(C)c45)c3F)ccc12. The maximum absolute atomic E-state index is 16.3. The molecule has 2 heterocycles. The number of benzene rings is 3. The van der Waals surface area contributed by atoms with E-state index in [1.54, 1.807) is 24.6 Å². The third-order valence-electron chi connectivity index (χ3n) is 7.47. The largest absolute Gasteiger partial charge is 0.360 e. The Morgan fingerprint density at radius 1 is 1.00 bits per heavy atom. The first kappa shape index (κ1) is 31.6. The number of halogens is 3. The monoisotopic (exact) mass is 642 g/mol. The Kier molecular flexibility index (Phi) is 8.58. The Morgan fingerprint density at radius 3 is 2.45 bits per heavy atom. The van der Waals surface area contributed by atoms with E-state index >= 15 is 13.2 Å². The van der Waals surface area contributed by atoms with Gasteiger partial charge in [-0.05, 0) is 30.3 Å². The molecular weight excluding hydrogens is 610 g/mol. The second kappa shape index (κ2) is 11.9. The minimum atomic E-state index is -4.13. The van der Waals surface area contributed by atoms with Crippen LogP contribution in [0.3, 0.4) is 0 Å². The minimum Gasteiger partial charge on any atom is -0.360 e. The Bertz CT molecular complexity index is 2020. The molecule has 0 aliphatic rings. The molecule has 0 aliphatic heterocycles. The predicted molar refractivity (Wildman–Crippen MR) is 165 cm³/mol. The summed E-state index contributed by atoms with van der Waals surface area (Å²) in [6.07, 6.45) is 1.60. The summed E-state index contributed by atoms with van der Waals surface area (Å²) < 4.78 is 83.1. The summed E-state index contributed by atoms with van der Waals surface area (Å²) in [5, 5.41) is 4.49. The number of aromatic nitrogens is 4. The Morgan fingerprint density at radius 2 is 1.75 bits per heavy atom. The number of sulfone groups is 1. The van der Waals surface area contributed by atoms with Gasteiger partial charge in [-0.1, -0.05) is 44.8 Å². The van der Waals surface area contributed by atoms with Crippen LogP contribution in [-0.4, -0.2) is 48.2 Å². The molecule has 5 aromatic rings. The van der Waals surface area contributed by atoms with E-state index in [1.165, 1.54) is 35.3 Å². The first-order chi connectivity index (χ1) is 20.7. The summed E-state index contributed by atoms with van der Waals surface area (Å²) in [6.45, 7) is 8.45. The van der Waals surface area contributed by atoms with E-state index in [9.17, 15) is 13.2 Å². The standard InChI is InChI=1S/C31H33F3N4O4SSi/c1-6-24(39)29-21-12-11-20(28(34)30(21)38(36-29)18-42-14-15-44(3,4)5)26-22(32)13-10-19(27(26)33)16-43(40,41)25-9-7-8-23-31(25)37(2)17-35-23/h7-13,17H,6,14-16,18H2,1-5H3. The zero-order chi connectivity index (χ0) is 32.0. The highest BCUT2D eigenvalue weighted by molar-refractivity contribution is 7.90.